The van der Waals surface area contributed by atoms with Crippen LogP contribution in [0.25, 0.3) is 0 Å². The number of nitrogens with zero attached hydrogens (tertiary/aromatic N) is 1. The molecule has 0 saturated heterocycles. The van der Waals surface area contributed by atoms with E-state index in [4.69, 9.17) is 16.7 Å². The molecule has 1 saturated carbocycles. The van der Waals surface area contributed by atoms with Gasteiger partial charge in [-0.25, -0.2) is 0 Å². The maximum Gasteiger partial charge on any atom is 0.253 e. The number of carbonyl (C=O) groups excluding carboxylic acids is 1. The molecular formula is C13H18N4OS. The number of primary amides is 1. The van der Waals surface area contributed by atoms with Gasteiger partial charge in [0.05, 0.1) is 11.3 Å². The number of carbonyl (C=O) groups is 1. The summed E-state index contributed by atoms with van der Waals surface area (Å²) in [6.45, 7) is 2.98. The summed E-state index contributed by atoms with van der Waals surface area (Å²) in [6, 6.07) is 1.99. The Hall–Kier alpha value is -1.74. The molecule has 1 amide bonds. The summed E-state index contributed by atoms with van der Waals surface area (Å²) < 4.78 is 0. The molecule has 0 atom stereocenters. The minimum atomic E-state index is -0.585. The van der Waals surface area contributed by atoms with Crippen molar-refractivity contribution in [2.45, 2.75) is 32.6 Å². The Balaban J connectivity index is 2.16. The van der Waals surface area contributed by atoms with Gasteiger partial charge in [-0.2, -0.15) is 5.26 Å². The van der Waals surface area contributed by atoms with Crippen LogP contribution in [0.15, 0.2) is 0 Å². The van der Waals surface area contributed by atoms with Gasteiger partial charge >= 0.3 is 0 Å². The van der Waals surface area contributed by atoms with Gasteiger partial charge in [0.15, 0.2) is 0 Å². The molecule has 1 aromatic heterocycles. The highest BCUT2D eigenvalue weighted by Gasteiger charge is 2.41. The molecule has 2 rings (SSSR count). The molecular weight excluding hydrogens is 260 g/mol. The van der Waals surface area contributed by atoms with Crippen LogP contribution in [0.4, 0.5) is 10.7 Å². The minimum Gasteiger partial charge on any atom is -0.396 e. The average Bonchev–Trinajstić information content (AvgIpc) is 3.04. The van der Waals surface area contributed by atoms with Crippen LogP contribution in [0.5, 0.6) is 0 Å². The summed E-state index contributed by atoms with van der Waals surface area (Å²) in [6.07, 6.45) is 4.76. The van der Waals surface area contributed by atoms with Crippen LogP contribution in [0, 0.1) is 16.7 Å². The van der Waals surface area contributed by atoms with Crippen molar-refractivity contribution < 1.29 is 4.79 Å². The number of nitrogens with two attached hydrogens (primary N) is 2. The van der Waals surface area contributed by atoms with Gasteiger partial charge in [0.25, 0.3) is 5.91 Å². The second kappa shape index (κ2) is 5.10. The van der Waals surface area contributed by atoms with E-state index in [-0.39, 0.29) is 11.3 Å². The fourth-order valence-corrected chi connectivity index (χ4v) is 3.30. The number of amides is 1. The molecule has 1 aliphatic carbocycles. The molecule has 19 heavy (non-hydrogen) atoms. The summed E-state index contributed by atoms with van der Waals surface area (Å²) >= 11 is 1.20. The van der Waals surface area contributed by atoms with Crippen LogP contribution in [-0.2, 0) is 0 Å². The average molecular weight is 278 g/mol. The SMILES string of the molecule is CCCC1(CNc2sc(C#N)c(N)c2C(N)=O)CC1. The number of nitrogens with one attached hydrogen (secondary N) is 1. The number of thiophene rings is 1. The summed E-state index contributed by atoms with van der Waals surface area (Å²) in [4.78, 5) is 11.8. The normalized spacial score (nSPS) is 15.8. The molecule has 6 heteroatoms. The lowest BCUT2D eigenvalue weighted by Gasteiger charge is -2.15. The molecule has 0 bridgehead atoms. The Morgan fingerprint density at radius 1 is 1.58 bits per heavy atom. The molecule has 0 unspecified atom stereocenters. The van der Waals surface area contributed by atoms with Gasteiger partial charge < -0.3 is 16.8 Å². The van der Waals surface area contributed by atoms with Crippen molar-refractivity contribution >= 4 is 27.9 Å². The molecule has 5 nitrogen and oxygen atoms in total. The van der Waals surface area contributed by atoms with Crippen molar-refractivity contribution in [3.8, 4) is 6.07 Å². The van der Waals surface area contributed by atoms with Crippen molar-refractivity contribution in [3.05, 3.63) is 10.4 Å². The van der Waals surface area contributed by atoms with E-state index in [9.17, 15) is 4.79 Å². The highest BCUT2D eigenvalue weighted by Crippen LogP contribution is 2.50. The predicted molar refractivity (Wildman–Crippen MR) is 77.0 cm³/mol. The maximum absolute atomic E-state index is 11.4. The molecule has 1 aromatic rings. The van der Waals surface area contributed by atoms with E-state index in [1.807, 2.05) is 6.07 Å². The number of rotatable bonds is 6. The summed E-state index contributed by atoms with van der Waals surface area (Å²) in [5, 5.41) is 12.9. The van der Waals surface area contributed by atoms with Crippen molar-refractivity contribution in [1.82, 2.24) is 0 Å². The lowest BCUT2D eigenvalue weighted by molar-refractivity contribution is 0.100. The minimum absolute atomic E-state index is 0.197. The van der Waals surface area contributed by atoms with E-state index in [1.54, 1.807) is 0 Å². The van der Waals surface area contributed by atoms with Crippen molar-refractivity contribution in [3.63, 3.8) is 0 Å². The lowest BCUT2D eigenvalue weighted by atomic mass is 10.0. The fourth-order valence-electron chi connectivity index (χ4n) is 2.39. The second-order valence-electron chi connectivity index (χ2n) is 5.13. The standard InChI is InChI=1S/C13H18N4OS/c1-2-3-13(4-5-13)7-17-12-9(11(16)18)10(15)8(6-14)19-12/h17H,2-5,7,15H2,1H3,(H2,16,18). The highest BCUT2D eigenvalue weighted by atomic mass is 32.1. The Labute approximate surface area is 116 Å². The zero-order valence-corrected chi connectivity index (χ0v) is 11.8. The smallest absolute Gasteiger partial charge is 0.253 e. The Bertz CT molecular complexity index is 540. The number of anilines is 2. The van der Waals surface area contributed by atoms with Crippen LogP contribution < -0.4 is 16.8 Å². The first-order chi connectivity index (χ1) is 9.03. The van der Waals surface area contributed by atoms with Gasteiger partial charge in [-0.15, -0.1) is 11.3 Å². The molecule has 5 N–H and O–H groups in total. The summed E-state index contributed by atoms with van der Waals surface area (Å²) in [5.41, 5.74) is 11.9. The molecule has 1 aliphatic rings. The van der Waals surface area contributed by atoms with E-state index in [1.165, 1.54) is 30.6 Å². The monoisotopic (exact) mass is 278 g/mol. The number of hydrogen-bond donors (Lipinski definition) is 3. The van der Waals surface area contributed by atoms with Crippen LogP contribution in [0.2, 0.25) is 0 Å². The van der Waals surface area contributed by atoms with Gasteiger partial charge in [0.1, 0.15) is 15.9 Å². The first-order valence-corrected chi connectivity index (χ1v) is 7.20. The summed E-state index contributed by atoms with van der Waals surface area (Å²) in [5.74, 6) is -0.585. The molecule has 102 valence electrons. The number of nitrogen functional groups attached to an aromatic ring is 1. The van der Waals surface area contributed by atoms with Gasteiger partial charge in [-0.3, -0.25) is 4.79 Å². The Morgan fingerprint density at radius 3 is 2.74 bits per heavy atom. The third-order valence-corrected chi connectivity index (χ3v) is 4.72. The molecule has 0 aromatic carbocycles. The van der Waals surface area contributed by atoms with Crippen LogP contribution in [0.1, 0.15) is 47.8 Å². The van der Waals surface area contributed by atoms with Gasteiger partial charge in [-0.05, 0) is 24.7 Å². The third-order valence-electron chi connectivity index (χ3n) is 3.65. The van der Waals surface area contributed by atoms with Crippen molar-refractivity contribution in [2.24, 2.45) is 11.1 Å². The van der Waals surface area contributed by atoms with Gasteiger partial charge in [-0.1, -0.05) is 13.3 Å². The maximum atomic E-state index is 11.4. The van der Waals surface area contributed by atoms with Crippen molar-refractivity contribution in [1.29, 1.82) is 5.26 Å². The van der Waals surface area contributed by atoms with E-state index in [0.717, 1.165) is 13.0 Å². The van der Waals surface area contributed by atoms with E-state index in [0.29, 0.717) is 15.3 Å². The Kier molecular flexibility index (Phi) is 3.67. The summed E-state index contributed by atoms with van der Waals surface area (Å²) in [7, 11) is 0. The molecule has 1 heterocycles. The van der Waals surface area contributed by atoms with Crippen LogP contribution >= 0.6 is 11.3 Å². The van der Waals surface area contributed by atoms with Crippen molar-refractivity contribution in [2.75, 3.05) is 17.6 Å². The van der Waals surface area contributed by atoms with E-state index < -0.39 is 5.91 Å². The highest BCUT2D eigenvalue weighted by molar-refractivity contribution is 7.17. The molecule has 0 aliphatic heterocycles. The predicted octanol–water partition coefficient (Wildman–Crippen LogP) is 2.29. The van der Waals surface area contributed by atoms with Gasteiger partial charge in [0.2, 0.25) is 0 Å². The molecule has 1 fully saturated rings. The fraction of sp³-hybridized carbons (Fsp3) is 0.538. The first kappa shape index (κ1) is 13.7. The molecule has 0 radical (unpaired) electrons. The third kappa shape index (κ3) is 2.66. The van der Waals surface area contributed by atoms with E-state index in [2.05, 4.69) is 12.2 Å². The number of nitriles is 1. The second-order valence-corrected chi connectivity index (χ2v) is 6.15. The van der Waals surface area contributed by atoms with Crippen LogP contribution in [-0.4, -0.2) is 12.5 Å². The first-order valence-electron chi connectivity index (χ1n) is 6.39. The van der Waals surface area contributed by atoms with Crippen LogP contribution in [0.3, 0.4) is 0 Å². The topological polar surface area (TPSA) is 105 Å². The largest absolute Gasteiger partial charge is 0.396 e. The number of hydrogen-bond acceptors (Lipinski definition) is 5. The molecule has 0 spiro atoms. The van der Waals surface area contributed by atoms with E-state index >= 15 is 0 Å². The zero-order valence-electron chi connectivity index (χ0n) is 11.0. The van der Waals surface area contributed by atoms with Gasteiger partial charge in [0, 0.05) is 6.54 Å². The Morgan fingerprint density at radius 2 is 2.26 bits per heavy atom. The quantitative estimate of drug-likeness (QED) is 0.742. The zero-order chi connectivity index (χ0) is 14.0. The lowest BCUT2D eigenvalue weighted by Crippen LogP contribution is -2.18.